The number of halogens is 2. The third-order valence-electron chi connectivity index (χ3n) is 5.26. The highest BCUT2D eigenvalue weighted by atomic mass is 35.5. The summed E-state index contributed by atoms with van der Waals surface area (Å²) in [6.45, 7) is 3.68. The second kappa shape index (κ2) is 9.59. The quantitative estimate of drug-likeness (QED) is 0.152. The van der Waals surface area contributed by atoms with Crippen molar-refractivity contribution in [2.75, 3.05) is 5.32 Å². The number of carbonyl (C=O) groups excluding carboxylic acids is 1. The third kappa shape index (κ3) is 4.80. The predicted octanol–water partition coefficient (Wildman–Crippen LogP) is 6.55. The van der Waals surface area contributed by atoms with Gasteiger partial charge in [-0.3, -0.25) is 5.21 Å². The summed E-state index contributed by atoms with van der Waals surface area (Å²) < 4.78 is -0.328. The molecule has 0 aliphatic carbocycles. The Bertz CT molecular complexity index is 1320. The van der Waals surface area contributed by atoms with Gasteiger partial charge in [0.05, 0.1) is 21.0 Å². The Kier molecular flexibility index (Phi) is 6.93. The average Bonchev–Trinajstić information content (AvgIpc) is 3.02. The van der Waals surface area contributed by atoms with Gasteiger partial charge in [-0.05, 0) is 48.9 Å². The predicted molar refractivity (Wildman–Crippen MR) is 142 cm³/mol. The molecule has 7 nitrogen and oxygen atoms in total. The van der Waals surface area contributed by atoms with Crippen LogP contribution in [-0.4, -0.2) is 47.9 Å². The molecule has 0 radical (unpaired) electrons. The number of carbonyl (C=O) groups is 1. The van der Waals surface area contributed by atoms with Crippen LogP contribution in [0.3, 0.4) is 0 Å². The van der Waals surface area contributed by atoms with E-state index in [-0.39, 0.29) is 10.8 Å². The van der Waals surface area contributed by atoms with Crippen molar-refractivity contribution in [3.63, 3.8) is 0 Å². The van der Waals surface area contributed by atoms with E-state index < -0.39 is 16.9 Å². The average molecular weight is 535 g/mol. The first kappa shape index (κ1) is 24.6. The summed E-state index contributed by atoms with van der Waals surface area (Å²) in [5.41, 5.74) is 0.860. The van der Waals surface area contributed by atoms with Crippen molar-refractivity contribution >= 4 is 80.2 Å². The van der Waals surface area contributed by atoms with E-state index in [1.54, 1.807) is 18.2 Å². The Hall–Kier alpha value is -2.56. The number of rotatable bonds is 4. The molecule has 1 fully saturated rings. The van der Waals surface area contributed by atoms with Crippen LogP contribution in [0.25, 0.3) is 10.8 Å². The Labute approximate surface area is 215 Å². The topological polar surface area (TPSA) is 88.4 Å². The molecule has 34 heavy (non-hydrogen) atoms. The van der Waals surface area contributed by atoms with Gasteiger partial charge < -0.3 is 10.4 Å². The number of nitrogens with one attached hydrogen (secondary N) is 1. The maximum Gasteiger partial charge on any atom is 0.347 e. The lowest BCUT2D eigenvalue weighted by Gasteiger charge is -2.34. The lowest BCUT2D eigenvalue weighted by molar-refractivity contribution is -0.114. The van der Waals surface area contributed by atoms with E-state index in [2.05, 4.69) is 10.4 Å². The smallest absolute Gasteiger partial charge is 0.347 e. The number of thiocarbonyl (C=S) groups is 1. The highest BCUT2D eigenvalue weighted by Crippen LogP contribution is 2.43. The van der Waals surface area contributed by atoms with Crippen molar-refractivity contribution in [3.8, 4) is 5.75 Å². The van der Waals surface area contributed by atoms with E-state index in [0.717, 1.165) is 10.8 Å². The van der Waals surface area contributed by atoms with Crippen LogP contribution in [0, 0.1) is 0 Å². The summed E-state index contributed by atoms with van der Waals surface area (Å²) in [6, 6.07) is 14.8. The van der Waals surface area contributed by atoms with Crippen molar-refractivity contribution in [3.05, 3.63) is 70.2 Å². The standard InChI is InChI=1S/C23H20Cl2N4O3S2/c1-23(2)20(29(32)21(31)27-14-8-9-17(24)18(25)11-14)28(22(33)34-23)26-12-16-15-6-4-3-5-13(15)7-10-19(16)30/h3-12,20,30,32H,1-2H3,(H,27,31)/b26-12-/t20-/m0/s1. The van der Waals surface area contributed by atoms with Gasteiger partial charge in [0.25, 0.3) is 0 Å². The number of phenols is 1. The maximum absolute atomic E-state index is 12.9. The van der Waals surface area contributed by atoms with Gasteiger partial charge in [-0.2, -0.15) is 10.2 Å². The summed E-state index contributed by atoms with van der Waals surface area (Å²) >= 11 is 18.7. The summed E-state index contributed by atoms with van der Waals surface area (Å²) in [4.78, 5) is 12.9. The first-order chi connectivity index (χ1) is 16.1. The van der Waals surface area contributed by atoms with E-state index >= 15 is 0 Å². The number of anilines is 1. The zero-order chi connectivity index (χ0) is 24.6. The molecular weight excluding hydrogens is 515 g/mol. The molecular formula is C23H20Cl2N4O3S2. The number of hydroxylamine groups is 2. The number of benzene rings is 3. The molecule has 3 aromatic carbocycles. The zero-order valence-corrected chi connectivity index (χ0v) is 21.2. The molecule has 1 aliphatic heterocycles. The summed E-state index contributed by atoms with van der Waals surface area (Å²) in [6.07, 6.45) is 0.546. The minimum atomic E-state index is -0.929. The van der Waals surface area contributed by atoms with Gasteiger partial charge in [-0.1, -0.05) is 77.5 Å². The molecule has 0 bridgehead atoms. The largest absolute Gasteiger partial charge is 0.507 e. The molecule has 1 atom stereocenters. The number of thioether (sulfide) groups is 1. The van der Waals surface area contributed by atoms with Crippen molar-refractivity contribution in [1.82, 2.24) is 10.1 Å². The molecule has 176 valence electrons. The number of nitrogens with zero attached hydrogens (tertiary/aromatic N) is 3. The minimum Gasteiger partial charge on any atom is -0.507 e. The van der Waals surface area contributed by atoms with Gasteiger partial charge in [0, 0.05) is 11.3 Å². The van der Waals surface area contributed by atoms with E-state index in [0.29, 0.717) is 25.7 Å². The minimum absolute atomic E-state index is 0.0502. The van der Waals surface area contributed by atoms with Crippen LogP contribution in [-0.2, 0) is 0 Å². The fourth-order valence-electron chi connectivity index (χ4n) is 3.63. The molecule has 1 saturated heterocycles. The van der Waals surface area contributed by atoms with Crippen LogP contribution >= 0.6 is 47.2 Å². The number of hydrazone groups is 1. The number of phenolic OH excluding ortho intramolecular Hbond substituents is 1. The molecule has 1 aliphatic rings. The zero-order valence-electron chi connectivity index (χ0n) is 18.1. The van der Waals surface area contributed by atoms with Crippen molar-refractivity contribution in [2.45, 2.75) is 24.8 Å². The van der Waals surface area contributed by atoms with Crippen molar-refractivity contribution in [2.24, 2.45) is 5.10 Å². The van der Waals surface area contributed by atoms with Crippen LogP contribution in [0.1, 0.15) is 19.4 Å². The molecule has 4 rings (SSSR count). The van der Waals surface area contributed by atoms with Crippen molar-refractivity contribution in [1.29, 1.82) is 0 Å². The molecule has 0 unspecified atom stereocenters. The van der Waals surface area contributed by atoms with Gasteiger partial charge in [0.15, 0.2) is 10.5 Å². The summed E-state index contributed by atoms with van der Waals surface area (Å²) in [5, 5.41) is 32.6. The lowest BCUT2D eigenvalue weighted by atomic mass is 10.0. The van der Waals surface area contributed by atoms with Crippen LogP contribution in [0.2, 0.25) is 10.0 Å². The molecule has 0 aromatic heterocycles. The number of amides is 2. The highest BCUT2D eigenvalue weighted by molar-refractivity contribution is 8.24. The van der Waals surface area contributed by atoms with Crippen LogP contribution < -0.4 is 5.32 Å². The number of urea groups is 1. The van der Waals surface area contributed by atoms with Gasteiger partial charge in [-0.25, -0.2) is 9.80 Å². The van der Waals surface area contributed by atoms with Crippen LogP contribution in [0.5, 0.6) is 5.75 Å². The summed E-state index contributed by atoms with van der Waals surface area (Å²) in [5.74, 6) is 0.0502. The molecule has 11 heteroatoms. The normalized spacial score (nSPS) is 17.5. The number of fused-ring (bicyclic) bond motifs is 1. The first-order valence-corrected chi connectivity index (χ1v) is 12.1. The van der Waals surface area contributed by atoms with Crippen molar-refractivity contribution < 1.29 is 15.1 Å². The van der Waals surface area contributed by atoms with E-state index in [9.17, 15) is 15.1 Å². The number of aromatic hydroxyl groups is 1. The monoisotopic (exact) mass is 534 g/mol. The second-order valence-electron chi connectivity index (χ2n) is 8.06. The number of hydrogen-bond donors (Lipinski definition) is 3. The third-order valence-corrected chi connectivity index (χ3v) is 7.54. The van der Waals surface area contributed by atoms with E-state index in [1.165, 1.54) is 29.1 Å². The SMILES string of the molecule is CC1(C)SC(=S)N(/N=C\c2c(O)ccc3ccccc23)[C@H]1N(O)C(=O)Nc1ccc(Cl)c(Cl)c1. The second-order valence-corrected chi connectivity index (χ2v) is 11.2. The fraction of sp³-hybridized carbons (Fsp3) is 0.174. The Morgan fingerprint density at radius 2 is 1.94 bits per heavy atom. The van der Waals surface area contributed by atoms with Gasteiger partial charge >= 0.3 is 6.03 Å². The molecule has 3 aromatic rings. The lowest BCUT2D eigenvalue weighted by Crippen LogP contribution is -2.54. The first-order valence-electron chi connectivity index (χ1n) is 10.1. The van der Waals surface area contributed by atoms with Gasteiger partial charge in [-0.15, -0.1) is 0 Å². The Morgan fingerprint density at radius 1 is 1.21 bits per heavy atom. The fourth-order valence-corrected chi connectivity index (χ4v) is 5.72. The highest BCUT2D eigenvalue weighted by Gasteiger charge is 2.50. The molecule has 0 saturated carbocycles. The molecule has 1 heterocycles. The van der Waals surface area contributed by atoms with E-state index in [1.807, 2.05) is 44.2 Å². The molecule has 3 N–H and O–H groups in total. The van der Waals surface area contributed by atoms with Crippen LogP contribution in [0.4, 0.5) is 10.5 Å². The van der Waals surface area contributed by atoms with Gasteiger partial charge in [0.1, 0.15) is 5.75 Å². The summed E-state index contributed by atoms with van der Waals surface area (Å²) in [7, 11) is 0. The number of hydrogen-bond acceptors (Lipinski definition) is 6. The van der Waals surface area contributed by atoms with Gasteiger partial charge in [0.2, 0.25) is 0 Å². The Balaban J connectivity index is 1.63. The van der Waals surface area contributed by atoms with E-state index in [4.69, 9.17) is 35.4 Å². The maximum atomic E-state index is 12.9. The molecule has 0 spiro atoms. The van der Waals surface area contributed by atoms with Crippen LogP contribution in [0.15, 0.2) is 59.7 Å². The Morgan fingerprint density at radius 3 is 2.68 bits per heavy atom. The molecule has 2 amide bonds.